The number of rotatable bonds is 10. The first kappa shape index (κ1) is 56.7. The molecule has 87 heavy (non-hydrogen) atoms. The number of para-hydroxylation sites is 4. The Labute approximate surface area is 515 Å². The molecular formula is C82H78N4O. The van der Waals surface area contributed by atoms with Crippen molar-refractivity contribution in [3.63, 3.8) is 0 Å². The Hall–Kier alpha value is -9.45. The van der Waals surface area contributed by atoms with Gasteiger partial charge in [-0.05, 0) is 131 Å². The van der Waals surface area contributed by atoms with Crippen molar-refractivity contribution in [3.05, 3.63) is 265 Å². The lowest BCUT2D eigenvalue weighted by molar-refractivity contribution is 0.483. The highest BCUT2D eigenvalue weighted by molar-refractivity contribution is 6.16. The second kappa shape index (κ2) is 21.8. The molecule has 5 nitrogen and oxygen atoms in total. The standard InChI is InChI=1S/C82H78N4O/c1-79(2,3)60-41-35-55(36-42-60)66-30-22-31-67(59-26-20-25-58(47-59)54-23-14-13-15-24-54)78(66)85-53-84(73-33-18-19-34-74(73)85)63-27-21-28-64(48-63)87-65-49-69(56-37-43-61(44-38-56)80(4,5)6)77-68-29-16-17-32-72(68)86(75(77)50-65)76-51-71(82(10,11)12)70(52-83-76)57-39-45-62(46-40-57)81(7,8)9/h13-52H,53H2,1-12H3. The van der Waals surface area contributed by atoms with Crippen LogP contribution in [0, 0.1) is 0 Å². The summed E-state index contributed by atoms with van der Waals surface area (Å²) in [5, 5.41) is 2.31. The maximum Gasteiger partial charge on any atom is 0.137 e. The number of aromatic nitrogens is 2. The minimum atomic E-state index is -0.181. The first-order valence-electron chi connectivity index (χ1n) is 30.8. The molecule has 12 aromatic rings. The molecule has 432 valence electrons. The highest BCUT2D eigenvalue weighted by Gasteiger charge is 2.32. The van der Waals surface area contributed by atoms with Crippen molar-refractivity contribution in [3.8, 4) is 73.0 Å². The lowest BCUT2D eigenvalue weighted by Crippen LogP contribution is -2.25. The number of benzene rings is 10. The SMILES string of the molecule is CC(C)(C)c1ccc(-c2cnc(-n3c4ccccc4c4c(-c5ccc(C(C)(C)C)cc5)cc(Oc5cccc(N6CN(c7c(-c8ccc(C(C)(C)C)cc8)cccc7-c7cccc(-c8ccccc8)c7)c7ccccc76)c5)cc43)cc2C(C)(C)C)cc1. The molecule has 0 aliphatic carbocycles. The van der Waals surface area contributed by atoms with E-state index in [0.717, 1.165) is 84.1 Å². The summed E-state index contributed by atoms with van der Waals surface area (Å²) in [7, 11) is 0. The number of nitrogens with zero attached hydrogens (tertiary/aromatic N) is 4. The molecule has 0 radical (unpaired) electrons. The summed E-state index contributed by atoms with van der Waals surface area (Å²) >= 11 is 0. The quantitative estimate of drug-likeness (QED) is 0.137. The maximum atomic E-state index is 7.26. The molecule has 0 N–H and O–H groups in total. The summed E-state index contributed by atoms with van der Waals surface area (Å²) in [6.07, 6.45) is 2.09. The second-order valence-corrected chi connectivity index (χ2v) is 27.8. The predicted molar refractivity (Wildman–Crippen MR) is 369 cm³/mol. The van der Waals surface area contributed by atoms with E-state index in [1.165, 1.54) is 55.6 Å². The molecule has 0 amide bonds. The fraction of sp³-hybridized carbons (Fsp3) is 0.207. The van der Waals surface area contributed by atoms with E-state index >= 15 is 0 Å². The number of pyridine rings is 1. The zero-order valence-electron chi connectivity index (χ0n) is 52.5. The van der Waals surface area contributed by atoms with Crippen molar-refractivity contribution < 1.29 is 4.74 Å². The number of fused-ring (bicyclic) bond motifs is 4. The van der Waals surface area contributed by atoms with E-state index in [1.54, 1.807) is 0 Å². The Morgan fingerprint density at radius 1 is 0.356 bits per heavy atom. The Balaban J connectivity index is 0.930. The molecule has 13 rings (SSSR count). The van der Waals surface area contributed by atoms with Crippen molar-refractivity contribution in [2.75, 3.05) is 16.5 Å². The van der Waals surface area contributed by atoms with E-state index in [9.17, 15) is 0 Å². The van der Waals surface area contributed by atoms with Crippen molar-refractivity contribution in [2.45, 2.75) is 105 Å². The molecule has 1 aliphatic heterocycles. The third-order valence-corrected chi connectivity index (χ3v) is 17.6. The molecule has 0 fully saturated rings. The van der Waals surface area contributed by atoms with Gasteiger partial charge in [-0.3, -0.25) is 4.57 Å². The van der Waals surface area contributed by atoms with Gasteiger partial charge < -0.3 is 14.5 Å². The molecule has 10 aromatic carbocycles. The largest absolute Gasteiger partial charge is 0.457 e. The summed E-state index contributed by atoms with van der Waals surface area (Å²) in [5.74, 6) is 2.34. The zero-order valence-corrected chi connectivity index (χ0v) is 52.5. The fourth-order valence-corrected chi connectivity index (χ4v) is 12.7. The van der Waals surface area contributed by atoms with Crippen molar-refractivity contribution in [1.29, 1.82) is 0 Å². The van der Waals surface area contributed by atoms with Gasteiger partial charge in [-0.15, -0.1) is 0 Å². The number of hydrogen-bond acceptors (Lipinski definition) is 4. The van der Waals surface area contributed by atoms with Crippen LogP contribution in [0.15, 0.2) is 243 Å². The van der Waals surface area contributed by atoms with Crippen LogP contribution in [0.4, 0.5) is 22.7 Å². The van der Waals surface area contributed by atoms with Gasteiger partial charge in [0.2, 0.25) is 0 Å². The van der Waals surface area contributed by atoms with E-state index in [4.69, 9.17) is 9.72 Å². The number of ether oxygens (including phenoxy) is 1. The van der Waals surface area contributed by atoms with Gasteiger partial charge in [0, 0.05) is 51.5 Å². The van der Waals surface area contributed by atoms with E-state index in [2.05, 4.69) is 340 Å². The van der Waals surface area contributed by atoms with Crippen LogP contribution in [0.25, 0.3) is 83.3 Å². The topological polar surface area (TPSA) is 33.5 Å². The van der Waals surface area contributed by atoms with Crippen molar-refractivity contribution in [1.82, 2.24) is 9.55 Å². The minimum absolute atomic E-state index is 0.00247. The first-order chi connectivity index (χ1) is 41.7. The summed E-state index contributed by atoms with van der Waals surface area (Å²) in [6, 6.07) is 86.8. The molecule has 0 saturated carbocycles. The molecule has 3 heterocycles. The van der Waals surface area contributed by atoms with Gasteiger partial charge in [-0.25, -0.2) is 4.98 Å². The van der Waals surface area contributed by atoms with Crippen LogP contribution in [0.5, 0.6) is 11.5 Å². The van der Waals surface area contributed by atoms with Crippen LogP contribution in [0.2, 0.25) is 0 Å². The van der Waals surface area contributed by atoms with E-state index in [1.807, 2.05) is 0 Å². The maximum absolute atomic E-state index is 7.26. The second-order valence-electron chi connectivity index (χ2n) is 27.8. The third-order valence-electron chi connectivity index (χ3n) is 17.6. The monoisotopic (exact) mass is 1130 g/mol. The van der Waals surface area contributed by atoms with E-state index < -0.39 is 0 Å². The van der Waals surface area contributed by atoms with Crippen LogP contribution in [-0.2, 0) is 21.7 Å². The predicted octanol–water partition coefficient (Wildman–Crippen LogP) is 22.7. The summed E-state index contributed by atoms with van der Waals surface area (Å²) in [4.78, 5) is 10.3. The molecule has 0 atom stereocenters. The summed E-state index contributed by atoms with van der Waals surface area (Å²) in [5.41, 5.74) is 23.2. The molecule has 0 spiro atoms. The van der Waals surface area contributed by atoms with Gasteiger partial charge >= 0.3 is 0 Å². The normalized spacial score (nSPS) is 13.0. The fourth-order valence-electron chi connectivity index (χ4n) is 12.7. The highest BCUT2D eigenvalue weighted by atomic mass is 16.5. The van der Waals surface area contributed by atoms with E-state index in [0.29, 0.717) is 6.67 Å². The number of hydrogen-bond donors (Lipinski definition) is 0. The Kier molecular flexibility index (Phi) is 14.2. The molecule has 2 aromatic heterocycles. The molecule has 0 unspecified atom stereocenters. The lowest BCUT2D eigenvalue weighted by atomic mass is 9.81. The Morgan fingerprint density at radius 2 is 0.874 bits per heavy atom. The lowest BCUT2D eigenvalue weighted by Gasteiger charge is -2.28. The third kappa shape index (κ3) is 10.9. The first-order valence-corrected chi connectivity index (χ1v) is 30.8. The molecule has 0 bridgehead atoms. The van der Waals surface area contributed by atoms with Crippen molar-refractivity contribution >= 4 is 44.6 Å². The van der Waals surface area contributed by atoms with Gasteiger partial charge in [-0.2, -0.15) is 0 Å². The van der Waals surface area contributed by atoms with Gasteiger partial charge in [0.25, 0.3) is 0 Å². The van der Waals surface area contributed by atoms with Gasteiger partial charge in [0.15, 0.2) is 0 Å². The van der Waals surface area contributed by atoms with Gasteiger partial charge in [0.1, 0.15) is 24.0 Å². The number of anilines is 4. The average molecular weight is 1140 g/mol. The van der Waals surface area contributed by atoms with Crippen LogP contribution < -0.4 is 14.5 Å². The Morgan fingerprint density at radius 3 is 1.49 bits per heavy atom. The average Bonchev–Trinajstić information content (AvgIpc) is 1.64. The van der Waals surface area contributed by atoms with Crippen LogP contribution >= 0.6 is 0 Å². The molecule has 0 saturated heterocycles. The molecular weight excluding hydrogens is 1060 g/mol. The molecule has 1 aliphatic rings. The minimum Gasteiger partial charge on any atom is -0.457 e. The summed E-state index contributed by atoms with van der Waals surface area (Å²) < 4.78 is 9.61. The summed E-state index contributed by atoms with van der Waals surface area (Å²) in [6.45, 7) is 27.9. The van der Waals surface area contributed by atoms with Crippen molar-refractivity contribution in [2.24, 2.45) is 0 Å². The van der Waals surface area contributed by atoms with Gasteiger partial charge in [-0.1, -0.05) is 259 Å². The molecule has 5 heteroatoms. The van der Waals surface area contributed by atoms with Crippen LogP contribution in [0.3, 0.4) is 0 Å². The van der Waals surface area contributed by atoms with E-state index in [-0.39, 0.29) is 21.7 Å². The van der Waals surface area contributed by atoms with Gasteiger partial charge in [0.05, 0.1) is 28.1 Å². The Bertz CT molecular complexity index is 4520. The zero-order chi connectivity index (χ0) is 60.6. The van der Waals surface area contributed by atoms with Crippen LogP contribution in [-0.4, -0.2) is 16.2 Å². The highest BCUT2D eigenvalue weighted by Crippen LogP contribution is 2.52. The van der Waals surface area contributed by atoms with Crippen LogP contribution in [0.1, 0.15) is 105 Å². The smallest absolute Gasteiger partial charge is 0.137 e.